The number of rotatable bonds is 4. The van der Waals surface area contributed by atoms with Crippen molar-refractivity contribution >= 4 is 32.6 Å². The first-order valence-corrected chi connectivity index (χ1v) is 9.73. The van der Waals surface area contributed by atoms with E-state index in [-0.39, 0.29) is 5.91 Å². The molecule has 6 nitrogen and oxygen atoms in total. The van der Waals surface area contributed by atoms with Crippen molar-refractivity contribution in [1.29, 1.82) is 0 Å². The molecule has 0 saturated carbocycles. The van der Waals surface area contributed by atoms with Crippen molar-refractivity contribution in [3.63, 3.8) is 0 Å². The Balaban J connectivity index is 1.33. The van der Waals surface area contributed by atoms with Gasteiger partial charge in [-0.15, -0.1) is 0 Å². The fourth-order valence-electron chi connectivity index (χ4n) is 3.39. The van der Waals surface area contributed by atoms with Crippen LogP contribution in [0.4, 0.5) is 5.13 Å². The molecular weight excluding hydrogens is 348 g/mol. The normalized spacial score (nSPS) is 15.0. The number of aromatic nitrogens is 2. The summed E-state index contributed by atoms with van der Waals surface area (Å²) < 4.78 is 6.38. The van der Waals surface area contributed by atoms with Crippen molar-refractivity contribution in [2.24, 2.45) is 0 Å². The predicted molar refractivity (Wildman–Crippen MR) is 103 cm³/mol. The minimum Gasteiger partial charge on any atom is -0.361 e. The Morgan fingerprint density at radius 2 is 1.96 bits per heavy atom. The van der Waals surface area contributed by atoms with Gasteiger partial charge in [-0.3, -0.25) is 4.79 Å². The second-order valence-electron chi connectivity index (χ2n) is 6.63. The Labute approximate surface area is 156 Å². The molecular formula is C19H22N4O2S. The number of fused-ring (bicyclic) bond motifs is 1. The SMILES string of the molecule is Cc1noc(C)c1CCC(=O)N1CCN(c2nc3ccccc3s2)CC1. The van der Waals surface area contributed by atoms with Gasteiger partial charge >= 0.3 is 0 Å². The molecule has 1 aliphatic rings. The number of nitrogens with zero attached hydrogens (tertiary/aromatic N) is 4. The lowest BCUT2D eigenvalue weighted by Crippen LogP contribution is -2.48. The number of benzene rings is 1. The van der Waals surface area contributed by atoms with Crippen LogP contribution in [0.1, 0.15) is 23.4 Å². The summed E-state index contributed by atoms with van der Waals surface area (Å²) >= 11 is 1.72. The van der Waals surface area contributed by atoms with Gasteiger partial charge in [-0.05, 0) is 32.4 Å². The van der Waals surface area contributed by atoms with E-state index in [1.807, 2.05) is 36.9 Å². The average Bonchev–Trinajstić information content (AvgIpc) is 3.23. The van der Waals surface area contributed by atoms with E-state index in [1.54, 1.807) is 11.3 Å². The second kappa shape index (κ2) is 7.07. The van der Waals surface area contributed by atoms with Crippen molar-refractivity contribution in [2.45, 2.75) is 26.7 Å². The highest BCUT2D eigenvalue weighted by Gasteiger charge is 2.23. The molecule has 0 radical (unpaired) electrons. The number of amides is 1. The van der Waals surface area contributed by atoms with Crippen molar-refractivity contribution < 1.29 is 9.32 Å². The Bertz CT molecular complexity index is 872. The highest BCUT2D eigenvalue weighted by atomic mass is 32.1. The van der Waals surface area contributed by atoms with Gasteiger partial charge in [0.1, 0.15) is 5.76 Å². The molecule has 1 fully saturated rings. The quantitative estimate of drug-likeness (QED) is 0.706. The fourth-order valence-corrected chi connectivity index (χ4v) is 4.41. The zero-order valence-corrected chi connectivity index (χ0v) is 15.9. The third-order valence-corrected chi connectivity index (χ3v) is 6.05. The minimum absolute atomic E-state index is 0.203. The Morgan fingerprint density at radius 3 is 2.65 bits per heavy atom. The number of hydrogen-bond acceptors (Lipinski definition) is 6. The van der Waals surface area contributed by atoms with Gasteiger partial charge in [-0.2, -0.15) is 0 Å². The van der Waals surface area contributed by atoms with Gasteiger partial charge in [0.15, 0.2) is 5.13 Å². The van der Waals surface area contributed by atoms with Crippen LogP contribution in [0.2, 0.25) is 0 Å². The smallest absolute Gasteiger partial charge is 0.223 e. The van der Waals surface area contributed by atoms with E-state index in [0.29, 0.717) is 12.8 Å². The molecule has 26 heavy (non-hydrogen) atoms. The summed E-state index contributed by atoms with van der Waals surface area (Å²) in [5.74, 6) is 1.02. The summed E-state index contributed by atoms with van der Waals surface area (Å²) in [6, 6.07) is 8.20. The molecule has 0 spiro atoms. The van der Waals surface area contributed by atoms with Crippen molar-refractivity contribution in [1.82, 2.24) is 15.0 Å². The molecule has 1 aromatic carbocycles. The van der Waals surface area contributed by atoms with Gasteiger partial charge in [-0.25, -0.2) is 4.98 Å². The zero-order valence-electron chi connectivity index (χ0n) is 15.1. The van der Waals surface area contributed by atoms with E-state index in [9.17, 15) is 4.79 Å². The molecule has 136 valence electrons. The summed E-state index contributed by atoms with van der Waals surface area (Å²) in [6.07, 6.45) is 1.20. The van der Waals surface area contributed by atoms with Gasteiger partial charge in [0.05, 0.1) is 15.9 Å². The molecule has 0 atom stereocenters. The summed E-state index contributed by atoms with van der Waals surface area (Å²) in [5.41, 5.74) is 2.99. The maximum absolute atomic E-state index is 12.5. The van der Waals surface area contributed by atoms with Crippen LogP contribution in [0.3, 0.4) is 0 Å². The summed E-state index contributed by atoms with van der Waals surface area (Å²) in [6.45, 7) is 6.98. The third kappa shape index (κ3) is 3.31. The van der Waals surface area contributed by atoms with E-state index >= 15 is 0 Å². The molecule has 0 N–H and O–H groups in total. The highest BCUT2D eigenvalue weighted by molar-refractivity contribution is 7.22. The molecule has 1 saturated heterocycles. The van der Waals surface area contributed by atoms with Crippen LogP contribution >= 0.6 is 11.3 Å². The molecule has 4 rings (SSSR count). The number of carbonyl (C=O) groups excluding carboxylic acids is 1. The average molecular weight is 370 g/mol. The third-order valence-electron chi connectivity index (χ3n) is 4.96. The van der Waals surface area contributed by atoms with Crippen LogP contribution < -0.4 is 4.90 Å². The largest absolute Gasteiger partial charge is 0.361 e. The molecule has 0 bridgehead atoms. The first-order chi connectivity index (χ1) is 12.6. The zero-order chi connectivity index (χ0) is 18.1. The lowest BCUT2D eigenvalue weighted by molar-refractivity contribution is -0.131. The van der Waals surface area contributed by atoms with E-state index < -0.39 is 0 Å². The highest BCUT2D eigenvalue weighted by Crippen LogP contribution is 2.29. The van der Waals surface area contributed by atoms with E-state index in [2.05, 4.69) is 16.1 Å². The van der Waals surface area contributed by atoms with Crippen LogP contribution in [-0.4, -0.2) is 47.1 Å². The summed E-state index contributed by atoms with van der Waals surface area (Å²) in [7, 11) is 0. The number of para-hydroxylation sites is 1. The van der Waals surface area contributed by atoms with Crippen LogP contribution in [0.5, 0.6) is 0 Å². The lowest BCUT2D eigenvalue weighted by atomic mass is 10.1. The van der Waals surface area contributed by atoms with Crippen molar-refractivity contribution in [3.05, 3.63) is 41.3 Å². The number of carbonyl (C=O) groups is 1. The molecule has 1 aliphatic heterocycles. The van der Waals surface area contributed by atoms with Gasteiger partial charge < -0.3 is 14.3 Å². The molecule has 1 amide bonds. The van der Waals surface area contributed by atoms with Crippen LogP contribution in [0.25, 0.3) is 10.2 Å². The minimum atomic E-state index is 0.203. The maximum atomic E-state index is 12.5. The van der Waals surface area contributed by atoms with Crippen molar-refractivity contribution in [2.75, 3.05) is 31.1 Å². The number of anilines is 1. The molecule has 7 heteroatoms. The maximum Gasteiger partial charge on any atom is 0.223 e. The Kier molecular flexibility index (Phi) is 4.63. The van der Waals surface area contributed by atoms with Crippen LogP contribution in [0, 0.1) is 13.8 Å². The predicted octanol–water partition coefficient (Wildman–Crippen LogP) is 3.18. The van der Waals surface area contributed by atoms with E-state index in [0.717, 1.165) is 53.8 Å². The standard InChI is InChI=1S/C19H22N4O2S/c1-13-15(14(2)25-21-13)7-8-18(24)22-9-11-23(12-10-22)19-20-16-5-3-4-6-17(16)26-19/h3-6H,7-12H2,1-2H3. The first kappa shape index (κ1) is 17.0. The Hall–Kier alpha value is -2.41. The number of aryl methyl sites for hydroxylation is 2. The first-order valence-electron chi connectivity index (χ1n) is 8.92. The van der Waals surface area contributed by atoms with Gasteiger partial charge in [0.2, 0.25) is 5.91 Å². The van der Waals surface area contributed by atoms with Gasteiger partial charge in [0, 0.05) is 38.2 Å². The monoisotopic (exact) mass is 370 g/mol. The van der Waals surface area contributed by atoms with E-state index in [1.165, 1.54) is 4.70 Å². The molecule has 3 aromatic rings. The summed E-state index contributed by atoms with van der Waals surface area (Å²) in [5, 5.41) is 5.01. The van der Waals surface area contributed by atoms with E-state index in [4.69, 9.17) is 9.51 Å². The topological polar surface area (TPSA) is 62.5 Å². The van der Waals surface area contributed by atoms with Gasteiger partial charge in [0.25, 0.3) is 0 Å². The van der Waals surface area contributed by atoms with Gasteiger partial charge in [-0.1, -0.05) is 28.6 Å². The molecule has 0 aliphatic carbocycles. The summed E-state index contributed by atoms with van der Waals surface area (Å²) in [4.78, 5) is 21.5. The number of thiazole rings is 1. The number of hydrogen-bond donors (Lipinski definition) is 0. The lowest BCUT2D eigenvalue weighted by Gasteiger charge is -2.34. The van der Waals surface area contributed by atoms with Crippen LogP contribution in [0.15, 0.2) is 28.8 Å². The molecule has 2 aromatic heterocycles. The molecule has 0 unspecified atom stereocenters. The molecule has 3 heterocycles. The Morgan fingerprint density at radius 1 is 1.19 bits per heavy atom. The number of piperazine rings is 1. The van der Waals surface area contributed by atoms with Crippen molar-refractivity contribution in [3.8, 4) is 0 Å². The fraction of sp³-hybridized carbons (Fsp3) is 0.421. The second-order valence-corrected chi connectivity index (χ2v) is 7.64. The van der Waals surface area contributed by atoms with Crippen LogP contribution in [-0.2, 0) is 11.2 Å².